The Kier molecular flexibility index (Phi) is 5.79. The van der Waals surface area contributed by atoms with Crippen molar-refractivity contribution >= 4 is 21.8 Å². The van der Waals surface area contributed by atoms with E-state index in [0.29, 0.717) is 32.6 Å². The summed E-state index contributed by atoms with van der Waals surface area (Å²) in [5, 5.41) is 3.12. The summed E-state index contributed by atoms with van der Waals surface area (Å²) in [6.07, 6.45) is 2.23. The molecule has 21 heavy (non-hydrogen) atoms. The Balaban J connectivity index is 1.93. The number of amides is 1. The van der Waals surface area contributed by atoms with Gasteiger partial charge in [0.1, 0.15) is 0 Å². The van der Waals surface area contributed by atoms with Gasteiger partial charge in [0.05, 0.1) is 5.41 Å². The van der Waals surface area contributed by atoms with Gasteiger partial charge < -0.3 is 15.8 Å². The van der Waals surface area contributed by atoms with Crippen LogP contribution in [-0.2, 0) is 16.0 Å². The summed E-state index contributed by atoms with van der Waals surface area (Å²) in [6.45, 7) is 3.65. The first-order valence-corrected chi connectivity index (χ1v) is 8.18. The molecule has 5 heteroatoms. The molecule has 1 saturated heterocycles. The van der Waals surface area contributed by atoms with Crippen LogP contribution in [0.3, 0.4) is 0 Å². The van der Waals surface area contributed by atoms with E-state index in [0.717, 1.165) is 10.9 Å². The maximum absolute atomic E-state index is 12.6. The lowest BCUT2D eigenvalue weighted by molar-refractivity contribution is -0.136. The molecule has 1 aliphatic rings. The Morgan fingerprint density at radius 3 is 2.57 bits per heavy atom. The third-order valence-corrected chi connectivity index (χ3v) is 4.68. The summed E-state index contributed by atoms with van der Waals surface area (Å²) in [6, 6.07) is 8.26. The third kappa shape index (κ3) is 4.28. The van der Waals surface area contributed by atoms with Gasteiger partial charge in [-0.15, -0.1) is 0 Å². The van der Waals surface area contributed by atoms with Gasteiger partial charge in [-0.05, 0) is 43.9 Å². The van der Waals surface area contributed by atoms with E-state index in [9.17, 15) is 4.79 Å². The monoisotopic (exact) mass is 354 g/mol. The van der Waals surface area contributed by atoms with Crippen molar-refractivity contribution in [1.29, 1.82) is 0 Å². The molecule has 1 heterocycles. The Labute approximate surface area is 134 Å². The first-order chi connectivity index (χ1) is 10.1. The molecule has 1 atom stereocenters. The normalized spacial score (nSPS) is 19.0. The number of ether oxygens (including phenoxy) is 1. The summed E-state index contributed by atoms with van der Waals surface area (Å²) in [5.41, 5.74) is 6.62. The number of hydrogen-bond donors (Lipinski definition) is 2. The van der Waals surface area contributed by atoms with Crippen molar-refractivity contribution in [2.75, 3.05) is 19.8 Å². The van der Waals surface area contributed by atoms with Gasteiger partial charge >= 0.3 is 0 Å². The van der Waals surface area contributed by atoms with E-state index in [2.05, 4.69) is 33.4 Å². The number of nitrogens with two attached hydrogens (primary N) is 1. The van der Waals surface area contributed by atoms with E-state index in [4.69, 9.17) is 10.5 Å². The lowest BCUT2D eigenvalue weighted by Crippen LogP contribution is -2.51. The molecular weight excluding hydrogens is 332 g/mol. The molecule has 116 valence electrons. The van der Waals surface area contributed by atoms with Crippen LogP contribution in [0.2, 0.25) is 0 Å². The van der Waals surface area contributed by atoms with Gasteiger partial charge in [-0.1, -0.05) is 28.1 Å². The maximum atomic E-state index is 12.6. The van der Waals surface area contributed by atoms with Gasteiger partial charge in [-0.25, -0.2) is 0 Å². The van der Waals surface area contributed by atoms with Crippen LogP contribution in [0.25, 0.3) is 0 Å². The number of halogens is 1. The fourth-order valence-electron chi connectivity index (χ4n) is 2.69. The Morgan fingerprint density at radius 2 is 2.00 bits per heavy atom. The van der Waals surface area contributed by atoms with Crippen molar-refractivity contribution in [3.63, 3.8) is 0 Å². The highest BCUT2D eigenvalue weighted by Gasteiger charge is 2.39. The molecule has 2 rings (SSSR count). The summed E-state index contributed by atoms with van der Waals surface area (Å²) in [5.74, 6) is 0.0675. The minimum atomic E-state index is -0.452. The summed E-state index contributed by atoms with van der Waals surface area (Å²) < 4.78 is 6.41. The van der Waals surface area contributed by atoms with Gasteiger partial charge in [0.2, 0.25) is 5.91 Å². The second kappa shape index (κ2) is 7.38. The zero-order valence-corrected chi connectivity index (χ0v) is 14.0. The van der Waals surface area contributed by atoms with Crippen molar-refractivity contribution in [3.05, 3.63) is 34.3 Å². The van der Waals surface area contributed by atoms with Crippen molar-refractivity contribution < 1.29 is 9.53 Å². The van der Waals surface area contributed by atoms with Crippen LogP contribution in [-0.4, -0.2) is 31.7 Å². The molecule has 0 aliphatic carbocycles. The molecule has 0 spiro atoms. The van der Waals surface area contributed by atoms with Crippen molar-refractivity contribution in [1.82, 2.24) is 5.32 Å². The Morgan fingerprint density at radius 1 is 1.38 bits per heavy atom. The maximum Gasteiger partial charge on any atom is 0.227 e. The van der Waals surface area contributed by atoms with Gasteiger partial charge in [0, 0.05) is 30.3 Å². The molecule has 0 saturated carbocycles. The second-order valence-electron chi connectivity index (χ2n) is 5.80. The average Bonchev–Trinajstić information content (AvgIpc) is 2.50. The van der Waals surface area contributed by atoms with Gasteiger partial charge in [0.15, 0.2) is 0 Å². The van der Waals surface area contributed by atoms with Crippen LogP contribution in [0.15, 0.2) is 28.7 Å². The molecule has 1 fully saturated rings. The lowest BCUT2D eigenvalue weighted by atomic mass is 9.79. The third-order valence-electron chi connectivity index (χ3n) is 4.15. The number of nitrogens with one attached hydrogen (secondary N) is 1. The molecule has 1 aromatic carbocycles. The van der Waals surface area contributed by atoms with Gasteiger partial charge in [0.25, 0.3) is 0 Å². The quantitative estimate of drug-likeness (QED) is 0.852. The standard InChI is InChI=1S/C16H23BrN2O2/c1-12(10-13-2-4-14(17)5-3-13)19-15(20)16(11-18)6-8-21-9-7-16/h2-5,12H,6-11,18H2,1H3,(H,19,20). The van der Waals surface area contributed by atoms with Crippen molar-refractivity contribution in [2.45, 2.75) is 32.2 Å². The molecular formula is C16H23BrN2O2. The SMILES string of the molecule is CC(Cc1ccc(Br)cc1)NC(=O)C1(CN)CCOCC1. The number of hydrogen-bond acceptors (Lipinski definition) is 3. The summed E-state index contributed by atoms with van der Waals surface area (Å²) >= 11 is 3.42. The largest absolute Gasteiger partial charge is 0.381 e. The molecule has 1 aromatic rings. The van der Waals surface area contributed by atoms with Gasteiger partial charge in [-0.2, -0.15) is 0 Å². The smallest absolute Gasteiger partial charge is 0.227 e. The van der Waals surface area contributed by atoms with Crippen molar-refractivity contribution in [3.8, 4) is 0 Å². The predicted molar refractivity (Wildman–Crippen MR) is 87.0 cm³/mol. The van der Waals surface area contributed by atoms with Crippen LogP contribution in [0.4, 0.5) is 0 Å². The second-order valence-corrected chi connectivity index (χ2v) is 6.72. The van der Waals surface area contributed by atoms with E-state index in [-0.39, 0.29) is 11.9 Å². The molecule has 3 N–H and O–H groups in total. The Hall–Kier alpha value is -0.910. The fraction of sp³-hybridized carbons (Fsp3) is 0.562. The highest BCUT2D eigenvalue weighted by Crippen LogP contribution is 2.29. The number of rotatable bonds is 5. The molecule has 0 bridgehead atoms. The Bertz CT molecular complexity index is 470. The van der Waals surface area contributed by atoms with E-state index in [1.54, 1.807) is 0 Å². The first-order valence-electron chi connectivity index (χ1n) is 7.39. The highest BCUT2D eigenvalue weighted by molar-refractivity contribution is 9.10. The number of carbonyl (C=O) groups is 1. The summed E-state index contributed by atoms with van der Waals surface area (Å²) in [7, 11) is 0. The van der Waals surface area contributed by atoms with Crippen LogP contribution in [0.5, 0.6) is 0 Å². The van der Waals surface area contributed by atoms with Crippen LogP contribution < -0.4 is 11.1 Å². The zero-order valence-electron chi connectivity index (χ0n) is 12.4. The van der Waals surface area contributed by atoms with Crippen molar-refractivity contribution in [2.24, 2.45) is 11.1 Å². The highest BCUT2D eigenvalue weighted by atomic mass is 79.9. The lowest BCUT2D eigenvalue weighted by Gasteiger charge is -2.35. The van der Waals surface area contributed by atoms with Crippen LogP contribution in [0, 0.1) is 5.41 Å². The molecule has 1 aliphatic heterocycles. The van der Waals surface area contributed by atoms with E-state index < -0.39 is 5.41 Å². The van der Waals surface area contributed by atoms with E-state index >= 15 is 0 Å². The topological polar surface area (TPSA) is 64.4 Å². The van der Waals surface area contributed by atoms with Gasteiger partial charge in [-0.3, -0.25) is 4.79 Å². The molecule has 1 unspecified atom stereocenters. The molecule has 0 radical (unpaired) electrons. The first kappa shape index (κ1) is 16.5. The minimum Gasteiger partial charge on any atom is -0.381 e. The number of benzene rings is 1. The zero-order chi connectivity index (χ0) is 15.3. The average molecular weight is 355 g/mol. The molecule has 4 nitrogen and oxygen atoms in total. The molecule has 0 aromatic heterocycles. The van der Waals surface area contributed by atoms with E-state index in [1.165, 1.54) is 5.56 Å². The predicted octanol–water partition coefficient (Wildman–Crippen LogP) is 2.25. The fourth-order valence-corrected chi connectivity index (χ4v) is 2.95. The summed E-state index contributed by atoms with van der Waals surface area (Å²) in [4.78, 5) is 12.6. The number of carbonyl (C=O) groups excluding carboxylic acids is 1. The van der Waals surface area contributed by atoms with Crippen LogP contribution in [0.1, 0.15) is 25.3 Å². The molecule has 1 amide bonds. The van der Waals surface area contributed by atoms with E-state index in [1.807, 2.05) is 19.1 Å². The minimum absolute atomic E-state index is 0.0675. The van der Waals surface area contributed by atoms with Crippen LogP contribution >= 0.6 is 15.9 Å².